The van der Waals surface area contributed by atoms with Crippen LogP contribution in [0.3, 0.4) is 0 Å². The van der Waals surface area contributed by atoms with E-state index in [9.17, 15) is 8.42 Å². The van der Waals surface area contributed by atoms with Crippen molar-refractivity contribution >= 4 is 33.3 Å². The molecule has 0 saturated carbocycles. The zero-order valence-electron chi connectivity index (χ0n) is 7.89. The summed E-state index contributed by atoms with van der Waals surface area (Å²) in [5.74, 6) is 0. The first-order valence-electron chi connectivity index (χ1n) is 4.16. The molecule has 0 fully saturated rings. The standard InChI is InChI=1S/C9H10Cl2O3S/c1-7(15(12,13)14)9(10,11)8-5-3-2-4-6-8/h2-7H,1H3,(H,12,13,14). The van der Waals surface area contributed by atoms with Gasteiger partial charge >= 0.3 is 0 Å². The highest BCUT2D eigenvalue weighted by atomic mass is 35.5. The van der Waals surface area contributed by atoms with Crippen LogP contribution in [-0.4, -0.2) is 18.2 Å². The van der Waals surface area contributed by atoms with E-state index in [4.69, 9.17) is 27.8 Å². The predicted molar refractivity (Wildman–Crippen MR) is 60.8 cm³/mol. The molecule has 1 atom stereocenters. The van der Waals surface area contributed by atoms with Crippen LogP contribution in [-0.2, 0) is 14.5 Å². The van der Waals surface area contributed by atoms with E-state index in [1.807, 2.05) is 0 Å². The summed E-state index contributed by atoms with van der Waals surface area (Å²) in [5.41, 5.74) is 0.429. The fourth-order valence-electron chi connectivity index (χ4n) is 1.08. The molecule has 84 valence electrons. The predicted octanol–water partition coefficient (Wildman–Crippen LogP) is 2.59. The third-order valence-electron chi connectivity index (χ3n) is 2.12. The van der Waals surface area contributed by atoms with Crippen molar-refractivity contribution in [2.75, 3.05) is 0 Å². The van der Waals surface area contributed by atoms with Crippen molar-refractivity contribution in [3.8, 4) is 0 Å². The summed E-state index contributed by atoms with van der Waals surface area (Å²) in [4.78, 5) is 0. The van der Waals surface area contributed by atoms with Gasteiger partial charge < -0.3 is 0 Å². The van der Waals surface area contributed by atoms with Crippen LogP contribution in [0.5, 0.6) is 0 Å². The lowest BCUT2D eigenvalue weighted by atomic mass is 10.1. The molecule has 0 amide bonds. The molecule has 15 heavy (non-hydrogen) atoms. The lowest BCUT2D eigenvalue weighted by Crippen LogP contribution is -2.33. The van der Waals surface area contributed by atoms with Gasteiger partial charge in [-0.15, -0.1) is 0 Å². The van der Waals surface area contributed by atoms with Crippen LogP contribution in [0, 0.1) is 0 Å². The van der Waals surface area contributed by atoms with Crippen LogP contribution >= 0.6 is 23.2 Å². The van der Waals surface area contributed by atoms with E-state index in [0.717, 1.165) is 0 Å². The van der Waals surface area contributed by atoms with Crippen molar-refractivity contribution in [1.29, 1.82) is 0 Å². The van der Waals surface area contributed by atoms with Gasteiger partial charge in [-0.25, -0.2) is 0 Å². The van der Waals surface area contributed by atoms with Crippen LogP contribution in [0.1, 0.15) is 12.5 Å². The molecular weight excluding hydrogens is 259 g/mol. The van der Waals surface area contributed by atoms with Gasteiger partial charge in [-0.1, -0.05) is 53.5 Å². The second-order valence-electron chi connectivity index (χ2n) is 3.15. The van der Waals surface area contributed by atoms with Gasteiger partial charge in [-0.05, 0) is 12.5 Å². The third-order valence-corrected chi connectivity index (χ3v) is 4.71. The summed E-state index contributed by atoms with van der Waals surface area (Å²) >= 11 is 11.8. The minimum atomic E-state index is -4.27. The summed E-state index contributed by atoms with van der Waals surface area (Å²) in [7, 11) is -4.27. The fraction of sp³-hybridized carbons (Fsp3) is 0.333. The van der Waals surface area contributed by atoms with Crippen LogP contribution < -0.4 is 0 Å². The van der Waals surface area contributed by atoms with Gasteiger partial charge in [0.15, 0.2) is 4.33 Å². The zero-order valence-corrected chi connectivity index (χ0v) is 10.2. The van der Waals surface area contributed by atoms with Gasteiger partial charge in [0.1, 0.15) is 5.25 Å². The van der Waals surface area contributed by atoms with E-state index in [1.165, 1.54) is 6.92 Å². The molecule has 0 bridgehead atoms. The number of rotatable bonds is 3. The average molecular weight is 269 g/mol. The lowest BCUT2D eigenvalue weighted by molar-refractivity contribution is 0.464. The molecule has 0 radical (unpaired) electrons. The Labute approximate surface area is 98.8 Å². The highest BCUT2D eigenvalue weighted by Crippen LogP contribution is 2.39. The second kappa shape index (κ2) is 4.29. The SMILES string of the molecule is CC(C(Cl)(Cl)c1ccccc1)S(=O)(=O)O. The van der Waals surface area contributed by atoms with Gasteiger partial charge in [0, 0.05) is 0 Å². The smallest absolute Gasteiger partial charge is 0.270 e. The maximum absolute atomic E-state index is 10.9. The molecular formula is C9H10Cl2O3S. The van der Waals surface area contributed by atoms with Crippen molar-refractivity contribution < 1.29 is 13.0 Å². The van der Waals surface area contributed by atoms with E-state index in [-0.39, 0.29) is 0 Å². The molecule has 1 N–H and O–H groups in total. The van der Waals surface area contributed by atoms with Crippen molar-refractivity contribution in [3.05, 3.63) is 35.9 Å². The molecule has 1 unspecified atom stereocenters. The molecule has 0 heterocycles. The van der Waals surface area contributed by atoms with E-state index in [2.05, 4.69) is 0 Å². The zero-order chi connectivity index (χ0) is 11.7. The molecule has 0 saturated heterocycles. The number of alkyl halides is 2. The quantitative estimate of drug-likeness (QED) is 0.677. The second-order valence-corrected chi connectivity index (χ2v) is 6.27. The Morgan fingerprint density at radius 1 is 1.27 bits per heavy atom. The molecule has 0 aliphatic carbocycles. The molecule has 0 aromatic heterocycles. The number of benzene rings is 1. The van der Waals surface area contributed by atoms with Gasteiger partial charge in [0.25, 0.3) is 10.1 Å². The molecule has 1 aromatic rings. The van der Waals surface area contributed by atoms with Crippen LogP contribution in [0.2, 0.25) is 0 Å². The Balaban J connectivity index is 3.14. The van der Waals surface area contributed by atoms with Crippen molar-refractivity contribution in [2.24, 2.45) is 0 Å². The lowest BCUT2D eigenvalue weighted by Gasteiger charge is -2.24. The normalized spacial score (nSPS) is 14.9. The van der Waals surface area contributed by atoms with Crippen molar-refractivity contribution in [2.45, 2.75) is 16.5 Å². The topological polar surface area (TPSA) is 54.4 Å². The Hall–Kier alpha value is -0.290. The number of hydrogen-bond acceptors (Lipinski definition) is 2. The van der Waals surface area contributed by atoms with Crippen LogP contribution in [0.25, 0.3) is 0 Å². The fourth-order valence-corrected chi connectivity index (χ4v) is 2.52. The van der Waals surface area contributed by atoms with Crippen LogP contribution in [0.15, 0.2) is 30.3 Å². The minimum Gasteiger partial charge on any atom is -0.285 e. The molecule has 0 aliphatic heterocycles. The van der Waals surface area contributed by atoms with E-state index >= 15 is 0 Å². The van der Waals surface area contributed by atoms with E-state index in [1.54, 1.807) is 30.3 Å². The largest absolute Gasteiger partial charge is 0.285 e. The van der Waals surface area contributed by atoms with E-state index < -0.39 is 19.7 Å². The Kier molecular flexibility index (Phi) is 3.66. The van der Waals surface area contributed by atoms with Gasteiger partial charge in [-0.2, -0.15) is 8.42 Å². The summed E-state index contributed by atoms with van der Waals surface area (Å²) < 4.78 is 29.1. The van der Waals surface area contributed by atoms with Gasteiger partial charge in [0.2, 0.25) is 0 Å². The summed E-state index contributed by atoms with van der Waals surface area (Å²) in [5, 5.41) is -1.30. The van der Waals surface area contributed by atoms with Crippen molar-refractivity contribution in [3.63, 3.8) is 0 Å². The maximum Gasteiger partial charge on any atom is 0.270 e. The summed E-state index contributed by atoms with van der Waals surface area (Å²) in [6, 6.07) is 8.33. The number of halogens is 2. The van der Waals surface area contributed by atoms with Gasteiger partial charge in [-0.3, -0.25) is 4.55 Å². The molecule has 6 heteroatoms. The molecule has 0 aliphatic rings. The Morgan fingerprint density at radius 2 is 1.73 bits per heavy atom. The minimum absolute atomic E-state index is 0.429. The molecule has 0 spiro atoms. The highest BCUT2D eigenvalue weighted by Gasteiger charge is 2.41. The monoisotopic (exact) mass is 268 g/mol. The first-order chi connectivity index (χ1) is 6.76. The van der Waals surface area contributed by atoms with E-state index in [0.29, 0.717) is 5.56 Å². The average Bonchev–Trinajstić information content (AvgIpc) is 2.16. The van der Waals surface area contributed by atoms with Gasteiger partial charge in [0.05, 0.1) is 0 Å². The molecule has 1 aromatic carbocycles. The number of hydrogen-bond donors (Lipinski definition) is 1. The Morgan fingerprint density at radius 3 is 2.13 bits per heavy atom. The molecule has 1 rings (SSSR count). The first kappa shape index (κ1) is 12.8. The van der Waals surface area contributed by atoms with Crippen LogP contribution in [0.4, 0.5) is 0 Å². The Bertz CT molecular complexity index is 428. The highest BCUT2D eigenvalue weighted by molar-refractivity contribution is 7.86. The first-order valence-corrected chi connectivity index (χ1v) is 6.42. The third kappa shape index (κ3) is 2.84. The van der Waals surface area contributed by atoms with Crippen molar-refractivity contribution in [1.82, 2.24) is 0 Å². The molecule has 3 nitrogen and oxygen atoms in total. The maximum atomic E-state index is 10.9. The summed E-state index contributed by atoms with van der Waals surface area (Å²) in [6.45, 7) is 1.25. The summed E-state index contributed by atoms with van der Waals surface area (Å²) in [6.07, 6.45) is 0.